The van der Waals surface area contributed by atoms with Crippen LogP contribution in [0.2, 0.25) is 0 Å². The maximum absolute atomic E-state index is 12.9. The van der Waals surface area contributed by atoms with Crippen LogP contribution in [0.15, 0.2) is 4.79 Å². The average Bonchev–Trinajstić information content (AvgIpc) is 3.46. The van der Waals surface area contributed by atoms with Crippen molar-refractivity contribution in [2.45, 2.75) is 89.1 Å². The smallest absolute Gasteiger partial charge is 0.254 e. The Morgan fingerprint density at radius 3 is 2.52 bits per heavy atom. The Hall–Kier alpha value is -1.69. The molecule has 1 atom stereocenters. The number of amides is 1. The van der Waals surface area contributed by atoms with Gasteiger partial charge in [0.15, 0.2) is 0 Å². The zero-order valence-corrected chi connectivity index (χ0v) is 17.5. The molecule has 0 radical (unpaired) electrons. The van der Waals surface area contributed by atoms with Crippen LogP contribution in [-0.2, 0) is 17.8 Å². The van der Waals surface area contributed by atoms with Gasteiger partial charge in [-0.25, -0.2) is 4.98 Å². The molecule has 6 nitrogen and oxygen atoms in total. The standard InChI is InChI=1S/C23H34N4O2/c28-22-19-11-13-26(18-8-4-5-9-18)15-20(19)24-21(25-22)17-10-12-27(14-17)23(29)16-6-2-1-3-7-16/h16-18H,1-15H2,(H,24,25,28). The Morgan fingerprint density at radius 1 is 0.966 bits per heavy atom. The van der Waals surface area contributed by atoms with Gasteiger partial charge in [0.1, 0.15) is 5.82 Å². The van der Waals surface area contributed by atoms with Crippen molar-refractivity contribution >= 4 is 5.91 Å². The number of aromatic amines is 1. The first-order chi connectivity index (χ1) is 14.2. The summed E-state index contributed by atoms with van der Waals surface area (Å²) in [5, 5.41) is 0. The predicted octanol–water partition coefficient (Wildman–Crippen LogP) is 2.97. The van der Waals surface area contributed by atoms with E-state index >= 15 is 0 Å². The van der Waals surface area contributed by atoms with Crippen molar-refractivity contribution in [2.24, 2.45) is 5.92 Å². The molecule has 1 aromatic heterocycles. The van der Waals surface area contributed by atoms with Crippen LogP contribution >= 0.6 is 0 Å². The molecule has 2 aliphatic heterocycles. The quantitative estimate of drug-likeness (QED) is 0.850. The van der Waals surface area contributed by atoms with E-state index in [-0.39, 0.29) is 17.4 Å². The molecule has 3 fully saturated rings. The lowest BCUT2D eigenvalue weighted by atomic mass is 9.88. The summed E-state index contributed by atoms with van der Waals surface area (Å²) in [4.78, 5) is 38.2. The maximum Gasteiger partial charge on any atom is 0.254 e. The van der Waals surface area contributed by atoms with Crippen molar-refractivity contribution in [1.29, 1.82) is 0 Å². The van der Waals surface area contributed by atoms with Gasteiger partial charge in [0.25, 0.3) is 5.56 Å². The minimum atomic E-state index is 0.0492. The molecule has 1 N–H and O–H groups in total. The number of H-pyrrole nitrogens is 1. The average molecular weight is 399 g/mol. The van der Waals surface area contributed by atoms with E-state index in [4.69, 9.17) is 4.98 Å². The molecule has 2 saturated carbocycles. The molecule has 0 spiro atoms. The summed E-state index contributed by atoms with van der Waals surface area (Å²) in [6.07, 6.45) is 12.7. The maximum atomic E-state index is 12.9. The first kappa shape index (κ1) is 19.3. The Kier molecular flexibility index (Phi) is 5.46. The third-order valence-corrected chi connectivity index (χ3v) is 7.80. The van der Waals surface area contributed by atoms with Gasteiger partial charge in [0.2, 0.25) is 5.91 Å². The molecule has 6 heteroatoms. The molecule has 1 amide bonds. The molecular weight excluding hydrogens is 364 g/mol. The number of nitrogens with one attached hydrogen (secondary N) is 1. The van der Waals surface area contributed by atoms with Gasteiger partial charge < -0.3 is 9.88 Å². The summed E-state index contributed by atoms with van der Waals surface area (Å²) >= 11 is 0. The molecule has 4 aliphatic rings. The van der Waals surface area contributed by atoms with Crippen LogP contribution in [0.4, 0.5) is 0 Å². The second kappa shape index (κ2) is 8.21. The summed E-state index contributed by atoms with van der Waals surface area (Å²) in [5.74, 6) is 1.53. The number of hydrogen-bond acceptors (Lipinski definition) is 4. The molecule has 1 unspecified atom stereocenters. The molecule has 29 heavy (non-hydrogen) atoms. The van der Waals surface area contributed by atoms with Crippen molar-refractivity contribution < 1.29 is 4.79 Å². The van der Waals surface area contributed by atoms with Crippen molar-refractivity contribution in [3.05, 3.63) is 27.4 Å². The van der Waals surface area contributed by atoms with Crippen molar-refractivity contribution in [1.82, 2.24) is 19.8 Å². The number of likely N-dealkylation sites (tertiary alicyclic amines) is 1. The molecule has 0 bridgehead atoms. The van der Waals surface area contributed by atoms with Gasteiger partial charge in [-0.2, -0.15) is 0 Å². The summed E-state index contributed by atoms with van der Waals surface area (Å²) in [6, 6.07) is 0.669. The Labute approximate surface area is 173 Å². The second-order valence-electron chi connectivity index (χ2n) is 9.64. The lowest BCUT2D eigenvalue weighted by Gasteiger charge is -2.32. The summed E-state index contributed by atoms with van der Waals surface area (Å²) < 4.78 is 0. The highest BCUT2D eigenvalue weighted by Gasteiger charge is 2.34. The molecule has 5 rings (SSSR count). The number of carbonyl (C=O) groups excluding carboxylic acids is 1. The lowest BCUT2D eigenvalue weighted by molar-refractivity contribution is -0.135. The molecule has 3 heterocycles. The van der Waals surface area contributed by atoms with E-state index in [0.717, 1.165) is 62.4 Å². The summed E-state index contributed by atoms with van der Waals surface area (Å²) in [6.45, 7) is 3.31. The predicted molar refractivity (Wildman–Crippen MR) is 112 cm³/mol. The third kappa shape index (κ3) is 3.88. The van der Waals surface area contributed by atoms with Gasteiger partial charge in [0, 0.05) is 49.6 Å². The third-order valence-electron chi connectivity index (χ3n) is 7.80. The van der Waals surface area contributed by atoms with Crippen LogP contribution in [0.5, 0.6) is 0 Å². The zero-order valence-electron chi connectivity index (χ0n) is 17.5. The first-order valence-corrected chi connectivity index (χ1v) is 11.8. The SMILES string of the molecule is O=C(C1CCCCC1)N1CCC(c2nc3c(c(=O)[nH]2)CCN(C2CCCC2)C3)C1. The lowest BCUT2D eigenvalue weighted by Crippen LogP contribution is -2.41. The first-order valence-electron chi connectivity index (χ1n) is 11.8. The highest BCUT2D eigenvalue weighted by Crippen LogP contribution is 2.31. The van der Waals surface area contributed by atoms with E-state index in [9.17, 15) is 9.59 Å². The summed E-state index contributed by atoms with van der Waals surface area (Å²) in [5.41, 5.74) is 1.92. The Balaban J connectivity index is 1.29. The van der Waals surface area contributed by atoms with Crippen molar-refractivity contribution in [3.8, 4) is 0 Å². The number of rotatable bonds is 3. The summed E-state index contributed by atoms with van der Waals surface area (Å²) in [7, 11) is 0. The van der Waals surface area contributed by atoms with Gasteiger partial charge >= 0.3 is 0 Å². The highest BCUT2D eigenvalue weighted by atomic mass is 16.2. The van der Waals surface area contributed by atoms with Crippen LogP contribution in [0.1, 0.15) is 87.2 Å². The van der Waals surface area contributed by atoms with Crippen LogP contribution in [0, 0.1) is 5.92 Å². The van der Waals surface area contributed by atoms with Gasteiger partial charge in [-0.3, -0.25) is 14.5 Å². The van der Waals surface area contributed by atoms with E-state index in [0.29, 0.717) is 18.5 Å². The number of carbonyl (C=O) groups is 1. The topological polar surface area (TPSA) is 69.3 Å². The van der Waals surface area contributed by atoms with E-state index in [1.165, 1.54) is 44.9 Å². The van der Waals surface area contributed by atoms with E-state index in [1.54, 1.807) is 0 Å². The monoisotopic (exact) mass is 398 g/mol. The van der Waals surface area contributed by atoms with Crippen LogP contribution in [0.25, 0.3) is 0 Å². The molecule has 2 aliphatic carbocycles. The molecule has 1 saturated heterocycles. The number of nitrogens with zero attached hydrogens (tertiary/aromatic N) is 3. The minimum Gasteiger partial charge on any atom is -0.342 e. The van der Waals surface area contributed by atoms with Gasteiger partial charge in [-0.1, -0.05) is 32.1 Å². The second-order valence-corrected chi connectivity index (χ2v) is 9.64. The van der Waals surface area contributed by atoms with E-state index in [2.05, 4.69) is 9.88 Å². The largest absolute Gasteiger partial charge is 0.342 e. The van der Waals surface area contributed by atoms with Crippen LogP contribution in [0.3, 0.4) is 0 Å². The number of aromatic nitrogens is 2. The zero-order chi connectivity index (χ0) is 19.8. The number of hydrogen-bond donors (Lipinski definition) is 1. The number of fused-ring (bicyclic) bond motifs is 1. The van der Waals surface area contributed by atoms with Crippen molar-refractivity contribution in [2.75, 3.05) is 19.6 Å². The van der Waals surface area contributed by atoms with E-state index in [1.807, 2.05) is 4.90 Å². The Morgan fingerprint density at radius 2 is 1.72 bits per heavy atom. The molecule has 0 aromatic carbocycles. The molecule has 1 aromatic rings. The fraction of sp³-hybridized carbons (Fsp3) is 0.783. The molecular formula is C23H34N4O2. The minimum absolute atomic E-state index is 0.0492. The highest BCUT2D eigenvalue weighted by molar-refractivity contribution is 5.79. The normalized spacial score (nSPS) is 26.8. The van der Waals surface area contributed by atoms with E-state index < -0.39 is 0 Å². The fourth-order valence-corrected chi connectivity index (χ4v) is 6.04. The van der Waals surface area contributed by atoms with Crippen LogP contribution in [-0.4, -0.2) is 51.4 Å². The Bertz CT molecular complexity index is 808. The molecule has 158 valence electrons. The van der Waals surface area contributed by atoms with Gasteiger partial charge in [0.05, 0.1) is 5.69 Å². The van der Waals surface area contributed by atoms with Crippen LogP contribution < -0.4 is 5.56 Å². The van der Waals surface area contributed by atoms with Crippen molar-refractivity contribution in [3.63, 3.8) is 0 Å². The van der Waals surface area contributed by atoms with Gasteiger partial charge in [-0.05, 0) is 38.5 Å². The van der Waals surface area contributed by atoms with Gasteiger partial charge in [-0.15, -0.1) is 0 Å². The fourth-order valence-electron chi connectivity index (χ4n) is 6.04.